The van der Waals surface area contributed by atoms with E-state index in [2.05, 4.69) is 27.6 Å². The van der Waals surface area contributed by atoms with Crippen LogP contribution in [0.3, 0.4) is 0 Å². The highest BCUT2D eigenvalue weighted by Crippen LogP contribution is 2.40. The van der Waals surface area contributed by atoms with Crippen molar-refractivity contribution in [2.75, 3.05) is 0 Å². The predicted molar refractivity (Wildman–Crippen MR) is 77.0 cm³/mol. The van der Waals surface area contributed by atoms with E-state index >= 15 is 0 Å². The van der Waals surface area contributed by atoms with Crippen molar-refractivity contribution in [2.45, 2.75) is 51.9 Å². The van der Waals surface area contributed by atoms with Crippen LogP contribution in [0.25, 0.3) is 5.65 Å². The highest BCUT2D eigenvalue weighted by atomic mass is 15.0. The van der Waals surface area contributed by atoms with Crippen molar-refractivity contribution < 1.29 is 0 Å². The zero-order valence-electron chi connectivity index (χ0n) is 12.0. The Kier molecular flexibility index (Phi) is 3.90. The molecule has 0 N–H and O–H groups in total. The maximum absolute atomic E-state index is 9.47. The van der Waals surface area contributed by atoms with Gasteiger partial charge in [0.1, 0.15) is 5.65 Å². The van der Waals surface area contributed by atoms with Gasteiger partial charge in [0, 0.05) is 18.1 Å². The molecule has 1 saturated carbocycles. The first-order chi connectivity index (χ1) is 9.25. The van der Waals surface area contributed by atoms with Crippen LogP contribution in [0.5, 0.6) is 0 Å². The lowest BCUT2D eigenvalue weighted by molar-refractivity contribution is 0.572. The summed E-state index contributed by atoms with van der Waals surface area (Å²) in [6.45, 7) is 6.04. The van der Waals surface area contributed by atoms with Gasteiger partial charge in [0.2, 0.25) is 0 Å². The monoisotopic (exact) mass is 255 g/mol. The van der Waals surface area contributed by atoms with E-state index in [0.717, 1.165) is 42.6 Å². The molecule has 0 radical (unpaired) electrons. The summed E-state index contributed by atoms with van der Waals surface area (Å²) >= 11 is 0. The van der Waals surface area contributed by atoms with Gasteiger partial charge >= 0.3 is 0 Å². The first kappa shape index (κ1) is 13.6. The Hall–Kier alpha value is -1.82. The normalized spacial score (nSPS) is 16.7. The fourth-order valence-electron chi connectivity index (χ4n) is 2.85. The fourth-order valence-corrected chi connectivity index (χ4v) is 2.85. The Morgan fingerprint density at radius 2 is 2.00 bits per heavy atom. The van der Waals surface area contributed by atoms with E-state index in [1.165, 1.54) is 0 Å². The average Bonchev–Trinajstić information content (AvgIpc) is 3.09. The molecule has 0 bridgehead atoms. The van der Waals surface area contributed by atoms with E-state index in [4.69, 9.17) is 0 Å². The second kappa shape index (κ2) is 5.44. The standard InChI is InChI=1S/C14H15N3.C2H6/c1-11-9-16-13-8-12(4-7-17(11)13)14(10-15)5-2-3-6-14;1-2/h4,7-9H,2-3,5-6H2,1H3;1-2H3. The van der Waals surface area contributed by atoms with Gasteiger partial charge in [-0.05, 0) is 37.5 Å². The van der Waals surface area contributed by atoms with E-state index in [-0.39, 0.29) is 5.41 Å². The molecule has 1 fully saturated rings. The summed E-state index contributed by atoms with van der Waals surface area (Å²) in [5, 5.41) is 9.47. The van der Waals surface area contributed by atoms with Gasteiger partial charge in [0.15, 0.2) is 0 Å². The molecule has 0 aliphatic heterocycles. The van der Waals surface area contributed by atoms with Crippen molar-refractivity contribution in [2.24, 2.45) is 0 Å². The first-order valence-corrected chi connectivity index (χ1v) is 7.11. The molecule has 3 rings (SSSR count). The molecule has 0 atom stereocenters. The summed E-state index contributed by atoms with van der Waals surface area (Å²) in [6, 6.07) is 6.68. The second-order valence-electron chi connectivity index (χ2n) is 4.94. The Bertz CT molecular complexity index is 598. The molecule has 1 aliphatic carbocycles. The molecule has 1 aliphatic rings. The molecular formula is C16H21N3. The number of aromatic nitrogens is 2. The molecule has 0 saturated heterocycles. The van der Waals surface area contributed by atoms with Gasteiger partial charge in [0.25, 0.3) is 0 Å². The number of fused-ring (bicyclic) bond motifs is 1. The van der Waals surface area contributed by atoms with Crippen molar-refractivity contribution in [1.82, 2.24) is 9.38 Å². The summed E-state index contributed by atoms with van der Waals surface area (Å²) in [4.78, 5) is 4.37. The van der Waals surface area contributed by atoms with Gasteiger partial charge in [-0.25, -0.2) is 4.98 Å². The predicted octanol–water partition coefficient (Wildman–Crippen LogP) is 4.00. The summed E-state index contributed by atoms with van der Waals surface area (Å²) in [7, 11) is 0. The van der Waals surface area contributed by atoms with Gasteiger partial charge in [-0.1, -0.05) is 26.7 Å². The third-order valence-electron chi connectivity index (χ3n) is 3.92. The molecule has 0 aromatic carbocycles. The van der Waals surface area contributed by atoms with E-state index in [1.807, 2.05) is 33.2 Å². The lowest BCUT2D eigenvalue weighted by Gasteiger charge is -2.20. The smallest absolute Gasteiger partial charge is 0.137 e. The Morgan fingerprint density at radius 1 is 1.32 bits per heavy atom. The minimum absolute atomic E-state index is 0.262. The topological polar surface area (TPSA) is 41.1 Å². The third-order valence-corrected chi connectivity index (χ3v) is 3.92. The van der Waals surface area contributed by atoms with Crippen molar-refractivity contribution in [3.8, 4) is 6.07 Å². The molecule has 0 amide bonds. The number of nitrogens with zero attached hydrogens (tertiary/aromatic N) is 3. The first-order valence-electron chi connectivity index (χ1n) is 7.11. The molecular weight excluding hydrogens is 234 g/mol. The summed E-state index contributed by atoms with van der Waals surface area (Å²) in [6.07, 6.45) is 8.19. The van der Waals surface area contributed by atoms with Crippen LogP contribution in [-0.4, -0.2) is 9.38 Å². The average molecular weight is 255 g/mol. The maximum Gasteiger partial charge on any atom is 0.137 e. The van der Waals surface area contributed by atoms with Gasteiger partial charge in [-0.3, -0.25) is 0 Å². The van der Waals surface area contributed by atoms with Crippen LogP contribution in [0.15, 0.2) is 24.5 Å². The SMILES string of the molecule is CC.Cc1cnc2cc(C3(C#N)CCCC3)ccn12. The van der Waals surface area contributed by atoms with Crippen LogP contribution in [0.4, 0.5) is 0 Å². The van der Waals surface area contributed by atoms with Crippen molar-refractivity contribution in [3.05, 3.63) is 35.8 Å². The number of nitriles is 1. The molecule has 2 aromatic heterocycles. The zero-order valence-corrected chi connectivity index (χ0v) is 12.0. The van der Waals surface area contributed by atoms with Crippen molar-refractivity contribution >= 4 is 5.65 Å². The van der Waals surface area contributed by atoms with Crippen LogP contribution in [0.2, 0.25) is 0 Å². The maximum atomic E-state index is 9.47. The summed E-state index contributed by atoms with van der Waals surface area (Å²) < 4.78 is 2.06. The Balaban J connectivity index is 0.000000637. The highest BCUT2D eigenvalue weighted by molar-refractivity contribution is 5.47. The second-order valence-corrected chi connectivity index (χ2v) is 4.94. The van der Waals surface area contributed by atoms with Crippen molar-refractivity contribution in [3.63, 3.8) is 0 Å². The van der Waals surface area contributed by atoms with Crippen LogP contribution in [-0.2, 0) is 5.41 Å². The Morgan fingerprint density at radius 3 is 2.63 bits per heavy atom. The molecule has 3 heteroatoms. The van der Waals surface area contributed by atoms with Gasteiger partial charge in [0.05, 0.1) is 11.5 Å². The molecule has 0 unspecified atom stereocenters. The molecule has 100 valence electrons. The number of pyridine rings is 1. The lowest BCUT2D eigenvalue weighted by atomic mass is 9.81. The lowest BCUT2D eigenvalue weighted by Crippen LogP contribution is -2.19. The van der Waals surface area contributed by atoms with E-state index in [0.29, 0.717) is 0 Å². The van der Waals surface area contributed by atoms with Gasteiger partial charge < -0.3 is 4.40 Å². The summed E-state index contributed by atoms with van der Waals surface area (Å²) in [5.41, 5.74) is 2.95. The summed E-state index contributed by atoms with van der Waals surface area (Å²) in [5.74, 6) is 0. The third kappa shape index (κ3) is 2.23. The molecule has 2 aromatic rings. The van der Waals surface area contributed by atoms with Crippen LogP contribution >= 0.6 is 0 Å². The Labute approximate surface area is 114 Å². The minimum Gasteiger partial charge on any atom is -0.304 e. The highest BCUT2D eigenvalue weighted by Gasteiger charge is 2.35. The molecule has 3 nitrogen and oxygen atoms in total. The number of hydrogen-bond acceptors (Lipinski definition) is 2. The quantitative estimate of drug-likeness (QED) is 0.772. The van der Waals surface area contributed by atoms with Gasteiger partial charge in [-0.2, -0.15) is 5.26 Å². The van der Waals surface area contributed by atoms with Crippen molar-refractivity contribution in [1.29, 1.82) is 5.26 Å². The van der Waals surface area contributed by atoms with E-state index in [9.17, 15) is 5.26 Å². The largest absolute Gasteiger partial charge is 0.304 e. The van der Waals surface area contributed by atoms with E-state index < -0.39 is 0 Å². The van der Waals surface area contributed by atoms with Crippen LogP contribution in [0, 0.1) is 18.3 Å². The number of imidazole rings is 1. The number of hydrogen-bond donors (Lipinski definition) is 0. The number of aryl methyl sites for hydroxylation is 1. The zero-order chi connectivity index (χ0) is 13.9. The molecule has 2 heterocycles. The molecule has 0 spiro atoms. The van der Waals surface area contributed by atoms with E-state index in [1.54, 1.807) is 0 Å². The van der Waals surface area contributed by atoms with Crippen LogP contribution in [0.1, 0.15) is 50.8 Å². The number of rotatable bonds is 1. The minimum atomic E-state index is -0.262. The fraction of sp³-hybridized carbons (Fsp3) is 0.500. The molecule has 19 heavy (non-hydrogen) atoms. The van der Waals surface area contributed by atoms with Crippen LogP contribution < -0.4 is 0 Å². The van der Waals surface area contributed by atoms with Gasteiger partial charge in [-0.15, -0.1) is 0 Å².